The molecule has 0 radical (unpaired) electrons. The molecule has 0 spiro atoms. The van der Waals surface area contributed by atoms with Crippen molar-refractivity contribution in [2.75, 3.05) is 19.5 Å². The van der Waals surface area contributed by atoms with E-state index in [-0.39, 0.29) is 15.4 Å². The second-order valence-corrected chi connectivity index (χ2v) is 7.09. The molecule has 1 aliphatic carbocycles. The number of ether oxygens (including phenoxy) is 2. The van der Waals surface area contributed by atoms with Crippen molar-refractivity contribution in [2.45, 2.75) is 32.6 Å². The lowest BCUT2D eigenvalue weighted by atomic mass is 9.79. The van der Waals surface area contributed by atoms with Crippen molar-refractivity contribution in [3.63, 3.8) is 0 Å². The molecule has 1 amide bonds. The van der Waals surface area contributed by atoms with E-state index in [1.807, 2.05) is 0 Å². The quantitative estimate of drug-likeness (QED) is 0.750. The highest BCUT2D eigenvalue weighted by Crippen LogP contribution is 2.36. The van der Waals surface area contributed by atoms with Gasteiger partial charge in [-0.1, -0.05) is 12.8 Å². The molecule has 8 nitrogen and oxygen atoms in total. The molecule has 0 unspecified atom stereocenters. The number of rotatable bonds is 5. The molecule has 0 saturated heterocycles. The number of hydrogen-bond donors (Lipinski definition) is 2. The molecule has 2 N–H and O–H groups in total. The van der Waals surface area contributed by atoms with Crippen LogP contribution in [0.25, 0.3) is 0 Å². The van der Waals surface area contributed by atoms with Crippen LogP contribution in [0.1, 0.15) is 51.3 Å². The van der Waals surface area contributed by atoms with Crippen LogP contribution < -0.4 is 5.32 Å². The predicted molar refractivity (Wildman–Crippen MR) is 93.4 cm³/mol. The number of anilines is 1. The Hall–Kier alpha value is -2.42. The molecule has 0 aromatic carbocycles. The minimum Gasteiger partial charge on any atom is -0.481 e. The van der Waals surface area contributed by atoms with Gasteiger partial charge in [-0.25, -0.2) is 9.59 Å². The highest BCUT2D eigenvalue weighted by atomic mass is 32.1. The summed E-state index contributed by atoms with van der Waals surface area (Å²) in [6, 6.07) is 0. The number of hydrogen-bond acceptors (Lipinski definition) is 7. The molecule has 0 aliphatic heterocycles. The summed E-state index contributed by atoms with van der Waals surface area (Å²) in [7, 11) is 2.42. The van der Waals surface area contributed by atoms with Gasteiger partial charge in [0.1, 0.15) is 9.88 Å². The van der Waals surface area contributed by atoms with Crippen LogP contribution in [0.2, 0.25) is 0 Å². The molecule has 1 fully saturated rings. The lowest BCUT2D eigenvalue weighted by Gasteiger charge is -2.27. The zero-order chi connectivity index (χ0) is 19.4. The summed E-state index contributed by atoms with van der Waals surface area (Å²) in [5.41, 5.74) is 0.427. The molecular formula is C17H21NO7S. The first kappa shape index (κ1) is 19.9. The van der Waals surface area contributed by atoms with Crippen molar-refractivity contribution < 1.29 is 33.8 Å². The van der Waals surface area contributed by atoms with Crippen molar-refractivity contribution in [3.05, 3.63) is 16.0 Å². The molecule has 2 rings (SSSR count). The highest BCUT2D eigenvalue weighted by Gasteiger charge is 2.37. The van der Waals surface area contributed by atoms with E-state index in [0.29, 0.717) is 18.4 Å². The van der Waals surface area contributed by atoms with E-state index < -0.39 is 35.7 Å². The van der Waals surface area contributed by atoms with E-state index in [1.54, 1.807) is 6.92 Å². The second kappa shape index (κ2) is 8.31. The van der Waals surface area contributed by atoms with Gasteiger partial charge in [-0.15, -0.1) is 11.3 Å². The fourth-order valence-corrected chi connectivity index (χ4v) is 4.30. The number of methoxy groups -OCH3 is 2. The van der Waals surface area contributed by atoms with E-state index >= 15 is 0 Å². The summed E-state index contributed by atoms with van der Waals surface area (Å²) in [6.45, 7) is 1.56. The lowest BCUT2D eigenvalue weighted by molar-refractivity contribution is -0.147. The molecule has 1 aromatic heterocycles. The predicted octanol–water partition coefficient (Wildman–Crippen LogP) is 2.46. The van der Waals surface area contributed by atoms with Gasteiger partial charge in [0.25, 0.3) is 0 Å². The van der Waals surface area contributed by atoms with Crippen LogP contribution in [0.4, 0.5) is 5.00 Å². The van der Waals surface area contributed by atoms with Gasteiger partial charge in [0.15, 0.2) is 0 Å². The monoisotopic (exact) mass is 383 g/mol. The third kappa shape index (κ3) is 3.87. The molecule has 142 valence electrons. The van der Waals surface area contributed by atoms with Gasteiger partial charge in [-0.3, -0.25) is 9.59 Å². The van der Waals surface area contributed by atoms with Crippen LogP contribution in [-0.2, 0) is 19.1 Å². The second-order valence-electron chi connectivity index (χ2n) is 6.07. The first-order chi connectivity index (χ1) is 12.3. The van der Waals surface area contributed by atoms with Crippen LogP contribution in [-0.4, -0.2) is 43.1 Å². The smallest absolute Gasteiger partial charge is 0.348 e. The van der Waals surface area contributed by atoms with Crippen LogP contribution in [0.3, 0.4) is 0 Å². The Bertz CT molecular complexity index is 740. The third-order valence-electron chi connectivity index (χ3n) is 4.56. The summed E-state index contributed by atoms with van der Waals surface area (Å²) in [5, 5.41) is 12.1. The minimum atomic E-state index is -1.00. The Kier molecular flexibility index (Phi) is 6.36. The standard InChI is InChI=1S/C17H21NO7S/c1-8-11(16(22)24-2)14(26-12(8)17(23)25-3)18-13(19)9-6-4-5-7-10(9)15(20)21/h9-10H,4-7H2,1-3H3,(H,18,19)(H,20,21)/t9-,10-/m0/s1. The maximum absolute atomic E-state index is 12.7. The first-order valence-corrected chi connectivity index (χ1v) is 8.97. The number of carbonyl (C=O) groups is 4. The topological polar surface area (TPSA) is 119 Å². The van der Waals surface area contributed by atoms with Crippen molar-refractivity contribution in [1.82, 2.24) is 0 Å². The van der Waals surface area contributed by atoms with Crippen molar-refractivity contribution in [3.8, 4) is 0 Å². The van der Waals surface area contributed by atoms with Gasteiger partial charge >= 0.3 is 17.9 Å². The Morgan fingerprint density at radius 1 is 1.04 bits per heavy atom. The van der Waals surface area contributed by atoms with Crippen LogP contribution in [0, 0.1) is 18.8 Å². The largest absolute Gasteiger partial charge is 0.481 e. The Morgan fingerprint density at radius 3 is 2.15 bits per heavy atom. The first-order valence-electron chi connectivity index (χ1n) is 8.15. The summed E-state index contributed by atoms with van der Waals surface area (Å²) in [6.07, 6.45) is 2.43. The van der Waals surface area contributed by atoms with E-state index in [1.165, 1.54) is 14.2 Å². The van der Waals surface area contributed by atoms with Crippen molar-refractivity contribution in [1.29, 1.82) is 0 Å². The van der Waals surface area contributed by atoms with E-state index in [4.69, 9.17) is 9.47 Å². The summed E-state index contributed by atoms with van der Waals surface area (Å²) in [4.78, 5) is 48.3. The number of carboxylic acid groups (broad SMARTS) is 1. The maximum atomic E-state index is 12.7. The van der Waals surface area contributed by atoms with Crippen LogP contribution >= 0.6 is 11.3 Å². The molecule has 9 heteroatoms. The number of carboxylic acids is 1. The van der Waals surface area contributed by atoms with E-state index in [2.05, 4.69) is 5.32 Å². The van der Waals surface area contributed by atoms with Gasteiger partial charge in [0.2, 0.25) is 5.91 Å². The zero-order valence-corrected chi connectivity index (χ0v) is 15.6. The summed E-state index contributed by atoms with van der Waals surface area (Å²) >= 11 is 0.910. The van der Waals surface area contributed by atoms with Crippen molar-refractivity contribution in [2.24, 2.45) is 11.8 Å². The molecule has 1 aliphatic rings. The number of thiophene rings is 1. The number of aliphatic carboxylic acids is 1. The third-order valence-corrected chi connectivity index (χ3v) is 5.75. The van der Waals surface area contributed by atoms with E-state index in [0.717, 1.165) is 24.2 Å². The maximum Gasteiger partial charge on any atom is 0.348 e. The zero-order valence-electron chi connectivity index (χ0n) is 14.8. The average Bonchev–Trinajstić information content (AvgIpc) is 2.96. The highest BCUT2D eigenvalue weighted by molar-refractivity contribution is 7.18. The number of amides is 1. The van der Waals surface area contributed by atoms with E-state index in [9.17, 15) is 24.3 Å². The number of carbonyl (C=O) groups excluding carboxylic acids is 3. The number of nitrogens with one attached hydrogen (secondary N) is 1. The molecule has 1 heterocycles. The number of esters is 2. The lowest BCUT2D eigenvalue weighted by Crippen LogP contribution is -2.36. The molecule has 1 saturated carbocycles. The van der Waals surface area contributed by atoms with Gasteiger partial charge in [-0.05, 0) is 25.3 Å². The fraction of sp³-hybridized carbons (Fsp3) is 0.529. The average molecular weight is 383 g/mol. The molecular weight excluding hydrogens is 362 g/mol. The fourth-order valence-electron chi connectivity index (χ4n) is 3.18. The van der Waals surface area contributed by atoms with Gasteiger partial charge in [0.05, 0.1) is 31.6 Å². The normalized spacial score (nSPS) is 19.5. The molecule has 26 heavy (non-hydrogen) atoms. The summed E-state index contributed by atoms with van der Waals surface area (Å²) in [5.74, 6) is -4.24. The van der Waals surface area contributed by atoms with Gasteiger partial charge in [0, 0.05) is 0 Å². The minimum absolute atomic E-state index is 0.0777. The van der Waals surface area contributed by atoms with Gasteiger partial charge < -0.3 is 19.9 Å². The van der Waals surface area contributed by atoms with Gasteiger partial charge in [-0.2, -0.15) is 0 Å². The van der Waals surface area contributed by atoms with Crippen LogP contribution in [0.5, 0.6) is 0 Å². The summed E-state index contributed by atoms with van der Waals surface area (Å²) < 4.78 is 9.44. The van der Waals surface area contributed by atoms with Crippen LogP contribution in [0.15, 0.2) is 0 Å². The SMILES string of the molecule is COC(=O)c1sc(NC(=O)[C@H]2CCCC[C@@H]2C(=O)O)c(C(=O)OC)c1C. The Morgan fingerprint density at radius 2 is 1.62 bits per heavy atom. The van der Waals surface area contributed by atoms with Crippen molar-refractivity contribution >= 4 is 40.2 Å². The molecule has 1 aromatic rings. The molecule has 0 bridgehead atoms. The molecule has 2 atom stereocenters. The Labute approximate surface area is 154 Å². The Balaban J connectivity index is 2.35.